The summed E-state index contributed by atoms with van der Waals surface area (Å²) in [5.74, 6) is 0.375. The molecule has 2 amide bonds. The van der Waals surface area contributed by atoms with Gasteiger partial charge in [-0.2, -0.15) is 0 Å². The largest absolute Gasteiger partial charge is 0.493 e. The first-order valence-electron chi connectivity index (χ1n) is 8.79. The Kier molecular flexibility index (Phi) is 6.47. The van der Waals surface area contributed by atoms with Gasteiger partial charge >= 0.3 is 0 Å². The molecule has 1 fully saturated rings. The molecule has 142 valence electrons. The van der Waals surface area contributed by atoms with Crippen molar-refractivity contribution in [1.82, 2.24) is 4.90 Å². The second-order valence-electron chi connectivity index (χ2n) is 6.02. The minimum atomic E-state index is -0.255. The lowest BCUT2D eigenvalue weighted by molar-refractivity contribution is 0.0303. The Morgan fingerprint density at radius 3 is 2.63 bits per heavy atom. The Labute approximate surface area is 166 Å². The summed E-state index contributed by atoms with van der Waals surface area (Å²) in [7, 11) is 0. The summed E-state index contributed by atoms with van der Waals surface area (Å²) in [6.45, 7) is 4.71. The van der Waals surface area contributed by atoms with Crippen LogP contribution >= 0.6 is 15.9 Å². The van der Waals surface area contributed by atoms with Gasteiger partial charge in [0.25, 0.3) is 11.8 Å². The highest BCUT2D eigenvalue weighted by Gasteiger charge is 2.19. The SMILES string of the molecule is CCOc1ccc(C(=O)Nc2cccc(C(=O)N3CCOCC3)c2)cc1Br. The smallest absolute Gasteiger partial charge is 0.255 e. The van der Waals surface area contributed by atoms with Crippen molar-refractivity contribution in [3.8, 4) is 5.75 Å². The number of morpholine rings is 1. The van der Waals surface area contributed by atoms with Gasteiger partial charge in [-0.25, -0.2) is 0 Å². The summed E-state index contributed by atoms with van der Waals surface area (Å²) in [6, 6.07) is 12.1. The molecule has 7 heteroatoms. The highest BCUT2D eigenvalue weighted by Crippen LogP contribution is 2.26. The zero-order valence-electron chi connectivity index (χ0n) is 15.0. The van der Waals surface area contributed by atoms with Crippen LogP contribution in [0.25, 0.3) is 0 Å². The van der Waals surface area contributed by atoms with Crippen LogP contribution in [0.5, 0.6) is 5.75 Å². The number of carbonyl (C=O) groups excluding carboxylic acids is 2. The fourth-order valence-corrected chi connectivity index (χ4v) is 3.29. The van der Waals surface area contributed by atoms with Gasteiger partial charge in [-0.1, -0.05) is 6.07 Å². The first-order chi connectivity index (χ1) is 13.1. The van der Waals surface area contributed by atoms with Crippen LogP contribution in [0.2, 0.25) is 0 Å². The maximum absolute atomic E-state index is 12.6. The lowest BCUT2D eigenvalue weighted by atomic mass is 10.1. The summed E-state index contributed by atoms with van der Waals surface area (Å²) in [6.07, 6.45) is 0. The zero-order chi connectivity index (χ0) is 19.2. The maximum atomic E-state index is 12.6. The van der Waals surface area contributed by atoms with E-state index in [4.69, 9.17) is 9.47 Å². The Morgan fingerprint density at radius 2 is 1.93 bits per heavy atom. The van der Waals surface area contributed by atoms with E-state index in [1.54, 1.807) is 47.4 Å². The van der Waals surface area contributed by atoms with E-state index < -0.39 is 0 Å². The fraction of sp³-hybridized carbons (Fsp3) is 0.300. The van der Waals surface area contributed by atoms with Gasteiger partial charge < -0.3 is 19.7 Å². The molecule has 0 unspecified atom stereocenters. The molecule has 0 spiro atoms. The average Bonchev–Trinajstić information content (AvgIpc) is 2.70. The molecule has 0 atom stereocenters. The fourth-order valence-electron chi connectivity index (χ4n) is 2.80. The van der Waals surface area contributed by atoms with Gasteiger partial charge in [0.1, 0.15) is 5.75 Å². The number of benzene rings is 2. The zero-order valence-corrected chi connectivity index (χ0v) is 16.6. The molecular formula is C20H21BrN2O4. The van der Waals surface area contributed by atoms with Crippen LogP contribution in [-0.4, -0.2) is 49.6 Å². The quantitative estimate of drug-likeness (QED) is 0.783. The summed E-state index contributed by atoms with van der Waals surface area (Å²) in [4.78, 5) is 26.9. The number of rotatable bonds is 5. The highest BCUT2D eigenvalue weighted by atomic mass is 79.9. The number of ether oxygens (including phenoxy) is 2. The second kappa shape index (κ2) is 9.01. The summed E-state index contributed by atoms with van der Waals surface area (Å²) < 4.78 is 11.5. The molecule has 3 rings (SSSR count). The van der Waals surface area contributed by atoms with Crippen LogP contribution in [0.4, 0.5) is 5.69 Å². The van der Waals surface area contributed by atoms with Crippen LogP contribution in [0, 0.1) is 0 Å². The summed E-state index contributed by atoms with van der Waals surface area (Å²) in [5, 5.41) is 2.84. The molecule has 2 aromatic rings. The number of hydrogen-bond acceptors (Lipinski definition) is 4. The Bertz CT molecular complexity index is 834. The molecule has 1 aliphatic rings. The average molecular weight is 433 g/mol. The molecule has 0 bridgehead atoms. The molecule has 27 heavy (non-hydrogen) atoms. The van der Waals surface area contributed by atoms with Gasteiger partial charge in [-0.3, -0.25) is 9.59 Å². The minimum Gasteiger partial charge on any atom is -0.493 e. The molecule has 0 saturated carbocycles. The van der Waals surface area contributed by atoms with E-state index in [9.17, 15) is 9.59 Å². The highest BCUT2D eigenvalue weighted by molar-refractivity contribution is 9.10. The molecule has 1 heterocycles. The molecular weight excluding hydrogens is 412 g/mol. The lowest BCUT2D eigenvalue weighted by Crippen LogP contribution is -2.40. The molecule has 1 aliphatic heterocycles. The Balaban J connectivity index is 1.71. The third kappa shape index (κ3) is 4.87. The van der Waals surface area contributed by atoms with E-state index in [2.05, 4.69) is 21.2 Å². The number of hydrogen-bond donors (Lipinski definition) is 1. The Morgan fingerprint density at radius 1 is 1.15 bits per heavy atom. The third-order valence-corrected chi connectivity index (χ3v) is 4.78. The van der Waals surface area contributed by atoms with Gasteiger partial charge in [-0.05, 0) is 59.3 Å². The predicted octanol–water partition coefficient (Wildman–Crippen LogP) is 3.57. The van der Waals surface area contributed by atoms with Crippen molar-refractivity contribution < 1.29 is 19.1 Å². The normalized spacial score (nSPS) is 13.9. The molecule has 0 aliphatic carbocycles. The van der Waals surface area contributed by atoms with E-state index in [1.165, 1.54) is 0 Å². The summed E-state index contributed by atoms with van der Waals surface area (Å²) in [5.41, 5.74) is 1.61. The molecule has 2 aromatic carbocycles. The van der Waals surface area contributed by atoms with Crippen molar-refractivity contribution in [2.75, 3.05) is 38.2 Å². The van der Waals surface area contributed by atoms with Gasteiger partial charge in [0.05, 0.1) is 24.3 Å². The maximum Gasteiger partial charge on any atom is 0.255 e. The molecule has 1 saturated heterocycles. The number of carbonyl (C=O) groups is 2. The van der Waals surface area contributed by atoms with Crippen LogP contribution < -0.4 is 10.1 Å². The van der Waals surface area contributed by atoms with Crippen LogP contribution in [0.3, 0.4) is 0 Å². The summed E-state index contributed by atoms with van der Waals surface area (Å²) >= 11 is 3.41. The molecule has 0 radical (unpaired) electrons. The topological polar surface area (TPSA) is 67.9 Å². The van der Waals surface area contributed by atoms with Crippen molar-refractivity contribution in [3.63, 3.8) is 0 Å². The predicted molar refractivity (Wildman–Crippen MR) is 106 cm³/mol. The molecule has 6 nitrogen and oxygen atoms in total. The van der Waals surface area contributed by atoms with Gasteiger partial charge in [0.15, 0.2) is 0 Å². The van der Waals surface area contributed by atoms with Crippen LogP contribution in [-0.2, 0) is 4.74 Å². The van der Waals surface area contributed by atoms with E-state index in [0.717, 1.165) is 0 Å². The first kappa shape index (κ1) is 19.4. The van der Waals surface area contributed by atoms with Crippen molar-refractivity contribution in [1.29, 1.82) is 0 Å². The third-order valence-electron chi connectivity index (χ3n) is 4.16. The van der Waals surface area contributed by atoms with E-state index in [-0.39, 0.29) is 11.8 Å². The monoisotopic (exact) mass is 432 g/mol. The Hall–Kier alpha value is -2.38. The van der Waals surface area contributed by atoms with Gasteiger partial charge in [0, 0.05) is 29.9 Å². The van der Waals surface area contributed by atoms with Crippen molar-refractivity contribution in [2.45, 2.75) is 6.92 Å². The van der Waals surface area contributed by atoms with Crippen LogP contribution in [0.1, 0.15) is 27.6 Å². The number of nitrogens with one attached hydrogen (secondary N) is 1. The van der Waals surface area contributed by atoms with E-state index >= 15 is 0 Å². The second-order valence-corrected chi connectivity index (χ2v) is 6.87. The number of anilines is 1. The van der Waals surface area contributed by atoms with Crippen molar-refractivity contribution >= 4 is 33.4 Å². The number of nitrogens with zero attached hydrogens (tertiary/aromatic N) is 1. The standard InChI is InChI=1S/C20H21BrN2O4/c1-2-27-18-7-6-14(13-17(18)21)19(24)22-16-5-3-4-15(12-16)20(25)23-8-10-26-11-9-23/h3-7,12-13H,2,8-11H2,1H3,(H,22,24). The minimum absolute atomic E-state index is 0.0572. The lowest BCUT2D eigenvalue weighted by Gasteiger charge is -2.27. The number of halogens is 1. The van der Waals surface area contributed by atoms with Gasteiger partial charge in [-0.15, -0.1) is 0 Å². The first-order valence-corrected chi connectivity index (χ1v) is 9.58. The van der Waals surface area contributed by atoms with E-state index in [0.29, 0.717) is 59.9 Å². The van der Waals surface area contributed by atoms with E-state index in [1.807, 2.05) is 6.92 Å². The van der Waals surface area contributed by atoms with Gasteiger partial charge in [0.2, 0.25) is 0 Å². The van der Waals surface area contributed by atoms with Crippen LogP contribution in [0.15, 0.2) is 46.9 Å². The molecule has 0 aromatic heterocycles. The number of amides is 2. The molecule has 1 N–H and O–H groups in total. The van der Waals surface area contributed by atoms with Crippen molar-refractivity contribution in [2.24, 2.45) is 0 Å². The van der Waals surface area contributed by atoms with Crippen molar-refractivity contribution in [3.05, 3.63) is 58.1 Å².